The second-order valence-corrected chi connectivity index (χ2v) is 6.35. The normalized spacial score (nSPS) is 11.0. The molecule has 0 aliphatic carbocycles. The zero-order chi connectivity index (χ0) is 14.8. The number of hydrogen-bond donors (Lipinski definition) is 1. The number of fused-ring (bicyclic) bond motifs is 1. The molecule has 3 aromatic rings. The fourth-order valence-corrected chi connectivity index (χ4v) is 3.10. The van der Waals surface area contributed by atoms with Crippen LogP contribution in [-0.4, -0.2) is 26.3 Å². The summed E-state index contributed by atoms with van der Waals surface area (Å²) >= 11 is 4.81. The zero-order valence-electron chi connectivity index (χ0n) is 11.2. The topological polar surface area (TPSA) is 72.7 Å². The Labute approximate surface area is 133 Å². The summed E-state index contributed by atoms with van der Waals surface area (Å²) < 4.78 is 2.40. The summed E-state index contributed by atoms with van der Waals surface area (Å²) in [6.45, 7) is 3.16. The maximum absolute atomic E-state index is 12.5. The van der Waals surface area contributed by atoms with Crippen molar-refractivity contribution in [2.75, 3.05) is 11.9 Å². The minimum Gasteiger partial charge on any atom is -0.360 e. The lowest BCUT2D eigenvalue weighted by molar-refractivity contribution is 0.734. The summed E-state index contributed by atoms with van der Waals surface area (Å²) in [7, 11) is 0. The quantitative estimate of drug-likeness (QED) is 0.768. The summed E-state index contributed by atoms with van der Waals surface area (Å²) in [6.07, 6.45) is 1.55. The number of anilines is 1. The van der Waals surface area contributed by atoms with E-state index < -0.39 is 0 Å². The first-order valence-corrected chi connectivity index (χ1v) is 7.99. The van der Waals surface area contributed by atoms with Gasteiger partial charge in [-0.25, -0.2) is 4.98 Å². The molecule has 1 aromatic carbocycles. The highest BCUT2D eigenvalue weighted by Crippen LogP contribution is 2.17. The van der Waals surface area contributed by atoms with Crippen molar-refractivity contribution in [1.29, 1.82) is 0 Å². The van der Waals surface area contributed by atoms with Crippen LogP contribution < -0.4 is 10.9 Å². The lowest BCUT2D eigenvalue weighted by Gasteiger charge is -2.04. The first-order chi connectivity index (χ1) is 10.2. The van der Waals surface area contributed by atoms with E-state index in [0.717, 1.165) is 21.2 Å². The van der Waals surface area contributed by atoms with Crippen LogP contribution in [0.5, 0.6) is 0 Å². The van der Waals surface area contributed by atoms with Crippen LogP contribution in [0.3, 0.4) is 0 Å². The Morgan fingerprint density at radius 2 is 2.24 bits per heavy atom. The maximum atomic E-state index is 12.5. The van der Waals surface area contributed by atoms with Crippen LogP contribution in [0.2, 0.25) is 0 Å². The summed E-state index contributed by atoms with van der Waals surface area (Å²) in [4.78, 5) is 16.8. The first kappa shape index (κ1) is 14.2. The average Bonchev–Trinajstić information content (AvgIpc) is 2.90. The molecule has 6 nitrogen and oxygen atoms in total. The monoisotopic (exact) mass is 365 g/mol. The fourth-order valence-electron chi connectivity index (χ4n) is 1.93. The number of nitrogens with zero attached hydrogens (tertiary/aromatic N) is 4. The van der Waals surface area contributed by atoms with Gasteiger partial charge in [0.1, 0.15) is 5.01 Å². The Morgan fingerprint density at radius 3 is 3.05 bits per heavy atom. The maximum Gasteiger partial charge on any atom is 0.261 e. The molecule has 0 fully saturated rings. The Kier molecular flexibility index (Phi) is 3.98. The van der Waals surface area contributed by atoms with Crippen molar-refractivity contribution >= 4 is 43.3 Å². The number of rotatable bonds is 4. The summed E-state index contributed by atoms with van der Waals surface area (Å²) in [5.41, 5.74) is 0.603. The van der Waals surface area contributed by atoms with Gasteiger partial charge in [-0.15, -0.1) is 10.2 Å². The molecule has 0 aliphatic heterocycles. The third-order valence-corrected chi connectivity index (χ3v) is 4.25. The molecule has 0 aliphatic rings. The van der Waals surface area contributed by atoms with Gasteiger partial charge in [-0.05, 0) is 25.1 Å². The number of aromatic nitrogens is 4. The van der Waals surface area contributed by atoms with E-state index in [1.165, 1.54) is 11.3 Å². The number of hydrogen-bond acceptors (Lipinski definition) is 6. The standard InChI is InChI=1S/C13H12BrN5OS/c1-2-15-13-18-17-11(21-13)6-19-7-16-10-4-3-8(14)5-9(10)12(19)20/h3-5,7H,2,6H2,1H3,(H,15,18). The predicted octanol–water partition coefficient (Wildman–Crippen LogP) is 2.49. The molecule has 0 saturated carbocycles. The fraction of sp³-hybridized carbons (Fsp3) is 0.231. The highest BCUT2D eigenvalue weighted by molar-refractivity contribution is 9.10. The largest absolute Gasteiger partial charge is 0.360 e. The minimum absolute atomic E-state index is 0.0819. The highest BCUT2D eigenvalue weighted by atomic mass is 79.9. The molecule has 8 heteroatoms. The lowest BCUT2D eigenvalue weighted by Crippen LogP contribution is -2.21. The molecule has 0 spiro atoms. The SMILES string of the molecule is CCNc1nnc(Cn2cnc3ccc(Br)cc3c2=O)s1. The van der Waals surface area contributed by atoms with Gasteiger partial charge in [-0.3, -0.25) is 9.36 Å². The molecule has 1 N–H and O–H groups in total. The molecule has 2 aromatic heterocycles. The van der Waals surface area contributed by atoms with E-state index in [1.807, 2.05) is 19.1 Å². The third-order valence-electron chi connectivity index (χ3n) is 2.89. The zero-order valence-corrected chi connectivity index (χ0v) is 13.6. The van der Waals surface area contributed by atoms with Gasteiger partial charge in [0.05, 0.1) is 23.8 Å². The molecule has 0 saturated heterocycles. The molecule has 0 atom stereocenters. The molecule has 0 radical (unpaired) electrons. The van der Waals surface area contributed by atoms with Crippen LogP contribution in [-0.2, 0) is 6.54 Å². The van der Waals surface area contributed by atoms with Gasteiger partial charge in [0, 0.05) is 11.0 Å². The van der Waals surface area contributed by atoms with E-state index in [4.69, 9.17) is 0 Å². The Bertz CT molecular complexity index is 844. The van der Waals surface area contributed by atoms with Crippen molar-refractivity contribution in [2.45, 2.75) is 13.5 Å². The van der Waals surface area contributed by atoms with Crippen molar-refractivity contribution in [3.05, 3.63) is 44.4 Å². The van der Waals surface area contributed by atoms with Crippen LogP contribution in [0.1, 0.15) is 11.9 Å². The molecular weight excluding hydrogens is 354 g/mol. The van der Waals surface area contributed by atoms with Gasteiger partial charge in [-0.1, -0.05) is 27.3 Å². The van der Waals surface area contributed by atoms with Crippen molar-refractivity contribution in [1.82, 2.24) is 19.7 Å². The van der Waals surface area contributed by atoms with Gasteiger partial charge in [-0.2, -0.15) is 0 Å². The third kappa shape index (κ3) is 2.96. The first-order valence-electron chi connectivity index (χ1n) is 6.38. The van der Waals surface area contributed by atoms with Crippen molar-refractivity contribution in [3.8, 4) is 0 Å². The van der Waals surface area contributed by atoms with Gasteiger partial charge in [0.2, 0.25) is 5.13 Å². The molecule has 0 bridgehead atoms. The van der Waals surface area contributed by atoms with Gasteiger partial charge in [0.15, 0.2) is 0 Å². The predicted molar refractivity (Wildman–Crippen MR) is 86.9 cm³/mol. The van der Waals surface area contributed by atoms with Crippen LogP contribution in [0.4, 0.5) is 5.13 Å². The molecule has 21 heavy (non-hydrogen) atoms. The van der Waals surface area contributed by atoms with Crippen molar-refractivity contribution in [2.24, 2.45) is 0 Å². The second kappa shape index (κ2) is 5.90. The van der Waals surface area contributed by atoms with E-state index in [2.05, 4.69) is 36.4 Å². The Balaban J connectivity index is 1.96. The Morgan fingerprint density at radius 1 is 1.38 bits per heavy atom. The molecule has 2 heterocycles. The molecule has 108 valence electrons. The molecule has 0 amide bonds. The van der Waals surface area contributed by atoms with Gasteiger partial charge in [0.25, 0.3) is 5.56 Å². The summed E-state index contributed by atoms with van der Waals surface area (Å²) in [5, 5.41) is 13.3. The van der Waals surface area contributed by atoms with Crippen LogP contribution in [0.25, 0.3) is 10.9 Å². The molecule has 0 unspecified atom stereocenters. The van der Waals surface area contributed by atoms with Gasteiger partial charge < -0.3 is 5.32 Å². The van der Waals surface area contributed by atoms with Gasteiger partial charge >= 0.3 is 0 Å². The van der Waals surface area contributed by atoms with E-state index in [9.17, 15) is 4.79 Å². The minimum atomic E-state index is -0.0819. The van der Waals surface area contributed by atoms with Crippen molar-refractivity contribution in [3.63, 3.8) is 0 Å². The smallest absolute Gasteiger partial charge is 0.261 e. The second-order valence-electron chi connectivity index (χ2n) is 4.37. The number of benzene rings is 1. The summed E-state index contributed by atoms with van der Waals surface area (Å²) in [6, 6.07) is 5.47. The van der Waals surface area contributed by atoms with Crippen LogP contribution in [0, 0.1) is 0 Å². The number of nitrogens with one attached hydrogen (secondary N) is 1. The van der Waals surface area contributed by atoms with E-state index >= 15 is 0 Å². The Hall–Kier alpha value is -1.80. The summed E-state index contributed by atoms with van der Waals surface area (Å²) in [5.74, 6) is 0. The highest BCUT2D eigenvalue weighted by Gasteiger charge is 2.08. The van der Waals surface area contributed by atoms with Crippen LogP contribution in [0.15, 0.2) is 33.8 Å². The molecular formula is C13H12BrN5OS. The average molecular weight is 366 g/mol. The van der Waals surface area contributed by atoms with E-state index in [-0.39, 0.29) is 5.56 Å². The lowest BCUT2D eigenvalue weighted by atomic mass is 10.2. The van der Waals surface area contributed by atoms with E-state index in [0.29, 0.717) is 17.4 Å². The molecule has 3 rings (SSSR count). The van der Waals surface area contributed by atoms with E-state index in [1.54, 1.807) is 17.0 Å². The van der Waals surface area contributed by atoms with Crippen molar-refractivity contribution < 1.29 is 0 Å². The number of halogens is 1. The van der Waals surface area contributed by atoms with Crippen LogP contribution >= 0.6 is 27.3 Å².